The van der Waals surface area contributed by atoms with Gasteiger partial charge < -0.3 is 10.6 Å². The number of anilines is 1. The third-order valence-electron chi connectivity index (χ3n) is 2.61. The Labute approximate surface area is 129 Å². The first-order valence-electron chi connectivity index (χ1n) is 5.51. The zero-order chi connectivity index (χ0) is 14.0. The molecule has 0 aliphatic heterocycles. The highest BCUT2D eigenvalue weighted by Crippen LogP contribution is 2.24. The first-order valence-corrected chi connectivity index (χ1v) is 7.56. The van der Waals surface area contributed by atoms with E-state index in [1.165, 1.54) is 0 Å². The van der Waals surface area contributed by atoms with Crippen molar-refractivity contribution in [2.75, 3.05) is 12.8 Å². The lowest BCUT2D eigenvalue weighted by Crippen LogP contribution is -2.26. The van der Waals surface area contributed by atoms with E-state index in [0.717, 1.165) is 9.35 Å². The monoisotopic (exact) mass is 358 g/mol. The maximum Gasteiger partial charge on any atom is 0.255 e. The fraction of sp³-hybridized carbons (Fsp3) is 0.154. The Kier molecular flexibility index (Phi) is 4.50. The second-order valence-corrected chi connectivity index (χ2v) is 6.86. The number of rotatable bonds is 3. The molecule has 0 unspecified atom stereocenters. The van der Waals surface area contributed by atoms with E-state index in [4.69, 9.17) is 17.3 Å². The molecule has 2 N–H and O–H groups in total. The van der Waals surface area contributed by atoms with Crippen LogP contribution in [-0.2, 0) is 6.54 Å². The standard InChI is InChI=1S/C13H12BrClN2OS/c1-17(6-8-4-12(14)19-7-8)13(18)10-3-2-9(16)5-11(10)15/h2-5,7H,6,16H2,1H3. The van der Waals surface area contributed by atoms with Crippen molar-refractivity contribution in [1.82, 2.24) is 4.90 Å². The fourth-order valence-electron chi connectivity index (χ4n) is 1.68. The van der Waals surface area contributed by atoms with Gasteiger partial charge in [-0.15, -0.1) is 11.3 Å². The van der Waals surface area contributed by atoms with Gasteiger partial charge in [0.2, 0.25) is 0 Å². The highest BCUT2D eigenvalue weighted by molar-refractivity contribution is 9.11. The van der Waals surface area contributed by atoms with Gasteiger partial charge in [0.15, 0.2) is 0 Å². The van der Waals surface area contributed by atoms with Crippen LogP contribution in [0.2, 0.25) is 5.02 Å². The number of hydrogen-bond donors (Lipinski definition) is 1. The fourth-order valence-corrected chi connectivity index (χ4v) is 3.15. The quantitative estimate of drug-likeness (QED) is 0.841. The molecule has 2 aromatic rings. The number of amides is 1. The number of carbonyl (C=O) groups is 1. The minimum Gasteiger partial charge on any atom is -0.399 e. The van der Waals surface area contributed by atoms with E-state index >= 15 is 0 Å². The van der Waals surface area contributed by atoms with Crippen LogP contribution in [0.15, 0.2) is 33.4 Å². The minimum absolute atomic E-state index is 0.118. The summed E-state index contributed by atoms with van der Waals surface area (Å²) in [6, 6.07) is 6.91. The number of nitrogen functional groups attached to an aromatic ring is 1. The first kappa shape index (κ1) is 14.4. The third kappa shape index (κ3) is 3.49. The van der Waals surface area contributed by atoms with Crippen LogP contribution >= 0.6 is 38.9 Å². The summed E-state index contributed by atoms with van der Waals surface area (Å²) in [6.45, 7) is 0.543. The number of thiophene rings is 1. The molecule has 0 aliphatic rings. The molecule has 0 atom stereocenters. The van der Waals surface area contributed by atoms with Crippen molar-refractivity contribution in [3.05, 3.63) is 49.6 Å². The van der Waals surface area contributed by atoms with Crippen molar-refractivity contribution >= 4 is 50.5 Å². The average molecular weight is 360 g/mol. The molecular weight excluding hydrogens is 348 g/mol. The Balaban J connectivity index is 2.14. The number of carbonyl (C=O) groups excluding carboxylic acids is 1. The van der Waals surface area contributed by atoms with Crippen LogP contribution in [0.25, 0.3) is 0 Å². The van der Waals surface area contributed by atoms with Crippen molar-refractivity contribution in [2.45, 2.75) is 6.54 Å². The van der Waals surface area contributed by atoms with Gasteiger partial charge in [0.25, 0.3) is 5.91 Å². The molecule has 0 spiro atoms. The summed E-state index contributed by atoms with van der Waals surface area (Å²) in [4.78, 5) is 13.9. The lowest BCUT2D eigenvalue weighted by Gasteiger charge is -2.17. The summed E-state index contributed by atoms with van der Waals surface area (Å²) in [5.74, 6) is -0.118. The Bertz CT molecular complexity index is 614. The maximum atomic E-state index is 12.3. The van der Waals surface area contributed by atoms with Crippen molar-refractivity contribution < 1.29 is 4.79 Å². The van der Waals surface area contributed by atoms with Crippen LogP contribution in [0.5, 0.6) is 0 Å². The zero-order valence-corrected chi connectivity index (χ0v) is 13.3. The number of nitrogens with two attached hydrogens (primary N) is 1. The normalized spacial score (nSPS) is 10.5. The molecule has 1 heterocycles. The molecule has 19 heavy (non-hydrogen) atoms. The second kappa shape index (κ2) is 5.94. The summed E-state index contributed by atoms with van der Waals surface area (Å²) in [6.07, 6.45) is 0. The van der Waals surface area contributed by atoms with Gasteiger partial charge in [0.05, 0.1) is 14.4 Å². The van der Waals surface area contributed by atoms with Gasteiger partial charge in [-0.05, 0) is 51.1 Å². The largest absolute Gasteiger partial charge is 0.399 e. The highest BCUT2D eigenvalue weighted by Gasteiger charge is 2.15. The van der Waals surface area contributed by atoms with Crippen LogP contribution in [0.4, 0.5) is 5.69 Å². The van der Waals surface area contributed by atoms with Gasteiger partial charge in [-0.25, -0.2) is 0 Å². The molecule has 2 rings (SSSR count). The predicted octanol–water partition coefficient (Wildman–Crippen LogP) is 4.02. The molecule has 3 nitrogen and oxygen atoms in total. The summed E-state index contributed by atoms with van der Waals surface area (Å²) in [7, 11) is 1.75. The summed E-state index contributed by atoms with van der Waals surface area (Å²) >= 11 is 11.0. The predicted molar refractivity (Wildman–Crippen MR) is 83.7 cm³/mol. The molecule has 0 saturated heterocycles. The third-order valence-corrected chi connectivity index (χ3v) is 4.48. The van der Waals surface area contributed by atoms with Gasteiger partial charge in [0.1, 0.15) is 0 Å². The molecule has 1 aromatic heterocycles. The van der Waals surface area contributed by atoms with Gasteiger partial charge in [-0.3, -0.25) is 4.79 Å². The summed E-state index contributed by atoms with van der Waals surface area (Å²) < 4.78 is 1.05. The van der Waals surface area contributed by atoms with E-state index < -0.39 is 0 Å². The van der Waals surface area contributed by atoms with E-state index in [9.17, 15) is 4.79 Å². The van der Waals surface area contributed by atoms with E-state index in [1.54, 1.807) is 41.5 Å². The first-order chi connectivity index (χ1) is 8.97. The number of halogens is 2. The van der Waals surface area contributed by atoms with E-state index in [0.29, 0.717) is 22.8 Å². The molecule has 0 radical (unpaired) electrons. The molecule has 0 aliphatic carbocycles. The number of nitrogens with zero attached hydrogens (tertiary/aromatic N) is 1. The average Bonchev–Trinajstić information content (AvgIpc) is 2.74. The topological polar surface area (TPSA) is 46.3 Å². The Morgan fingerprint density at radius 1 is 1.47 bits per heavy atom. The molecular formula is C13H12BrClN2OS. The Morgan fingerprint density at radius 3 is 2.79 bits per heavy atom. The Hall–Kier alpha value is -1.04. The molecule has 1 amide bonds. The molecule has 0 saturated carbocycles. The van der Waals surface area contributed by atoms with Crippen LogP contribution in [0, 0.1) is 0 Å². The van der Waals surface area contributed by atoms with Crippen LogP contribution in [0.1, 0.15) is 15.9 Å². The van der Waals surface area contributed by atoms with Gasteiger partial charge in [0, 0.05) is 19.3 Å². The lowest BCUT2D eigenvalue weighted by atomic mass is 10.1. The van der Waals surface area contributed by atoms with Crippen molar-refractivity contribution in [3.8, 4) is 0 Å². The van der Waals surface area contributed by atoms with Gasteiger partial charge in [-0.1, -0.05) is 11.6 Å². The van der Waals surface area contributed by atoms with Crippen LogP contribution < -0.4 is 5.73 Å². The minimum atomic E-state index is -0.118. The van der Waals surface area contributed by atoms with E-state index in [-0.39, 0.29) is 5.91 Å². The van der Waals surface area contributed by atoms with Gasteiger partial charge in [-0.2, -0.15) is 0 Å². The Morgan fingerprint density at radius 2 is 2.21 bits per heavy atom. The molecule has 0 bridgehead atoms. The molecule has 6 heteroatoms. The van der Waals surface area contributed by atoms with Crippen LogP contribution in [-0.4, -0.2) is 17.9 Å². The zero-order valence-electron chi connectivity index (χ0n) is 10.2. The van der Waals surface area contributed by atoms with Crippen LogP contribution in [0.3, 0.4) is 0 Å². The van der Waals surface area contributed by atoms with Crippen molar-refractivity contribution in [2.24, 2.45) is 0 Å². The second-order valence-electron chi connectivity index (χ2n) is 4.16. The van der Waals surface area contributed by atoms with Crippen molar-refractivity contribution in [1.29, 1.82) is 0 Å². The maximum absolute atomic E-state index is 12.3. The molecule has 0 fully saturated rings. The summed E-state index contributed by atoms with van der Waals surface area (Å²) in [5.41, 5.74) is 7.71. The highest BCUT2D eigenvalue weighted by atomic mass is 79.9. The van der Waals surface area contributed by atoms with Crippen molar-refractivity contribution in [3.63, 3.8) is 0 Å². The lowest BCUT2D eigenvalue weighted by molar-refractivity contribution is 0.0785. The molecule has 100 valence electrons. The SMILES string of the molecule is CN(Cc1csc(Br)c1)C(=O)c1ccc(N)cc1Cl. The van der Waals surface area contributed by atoms with E-state index in [1.807, 2.05) is 11.4 Å². The molecule has 1 aromatic carbocycles. The number of benzene rings is 1. The summed E-state index contributed by atoms with van der Waals surface area (Å²) in [5, 5.41) is 2.39. The van der Waals surface area contributed by atoms with Gasteiger partial charge >= 0.3 is 0 Å². The smallest absolute Gasteiger partial charge is 0.255 e. The number of hydrogen-bond acceptors (Lipinski definition) is 3. The van der Waals surface area contributed by atoms with E-state index in [2.05, 4.69) is 15.9 Å².